The van der Waals surface area contributed by atoms with Crippen LogP contribution in [0.5, 0.6) is 5.75 Å². The Kier molecular flexibility index (Phi) is 4.62. The average Bonchev–Trinajstić information content (AvgIpc) is 3.28. The Morgan fingerprint density at radius 1 is 1.37 bits per heavy atom. The Morgan fingerprint density at radius 2 is 2.26 bits per heavy atom. The molecule has 0 fully saturated rings. The normalized spacial score (nSPS) is 16.5. The summed E-state index contributed by atoms with van der Waals surface area (Å²) in [6.07, 6.45) is 3.33. The standard InChI is InChI=1S/C19H22N6O2/c1-3-7-25-11-21-24-18(25)17-22-15-9-13(10-20-19(26)16(15)23-17)12-5-4-6-14(8-12)27-2/h4-6,8,11,13H,3,7,9-10H2,1-2H3,(H,20,26)(H,22,23)/t13-/m1/s1. The zero-order valence-corrected chi connectivity index (χ0v) is 15.4. The summed E-state index contributed by atoms with van der Waals surface area (Å²) in [4.78, 5) is 20.4. The van der Waals surface area contributed by atoms with Crippen molar-refractivity contribution in [2.75, 3.05) is 13.7 Å². The molecule has 1 aliphatic heterocycles. The summed E-state index contributed by atoms with van der Waals surface area (Å²) in [7, 11) is 1.65. The molecular weight excluding hydrogens is 344 g/mol. The fourth-order valence-corrected chi connectivity index (χ4v) is 3.44. The molecule has 140 valence electrons. The molecule has 2 N–H and O–H groups in total. The number of benzene rings is 1. The summed E-state index contributed by atoms with van der Waals surface area (Å²) in [5, 5.41) is 11.1. The van der Waals surface area contributed by atoms with Crippen LogP contribution in [0.1, 0.15) is 41.0 Å². The third-order valence-electron chi connectivity index (χ3n) is 4.81. The van der Waals surface area contributed by atoms with Crippen LogP contribution < -0.4 is 10.1 Å². The second-order valence-electron chi connectivity index (χ2n) is 6.65. The van der Waals surface area contributed by atoms with E-state index in [-0.39, 0.29) is 11.8 Å². The van der Waals surface area contributed by atoms with E-state index >= 15 is 0 Å². The number of H-pyrrole nitrogens is 1. The van der Waals surface area contributed by atoms with Crippen molar-refractivity contribution in [2.45, 2.75) is 32.2 Å². The molecule has 1 atom stereocenters. The van der Waals surface area contributed by atoms with Crippen molar-refractivity contribution in [2.24, 2.45) is 0 Å². The fourth-order valence-electron chi connectivity index (χ4n) is 3.44. The summed E-state index contributed by atoms with van der Waals surface area (Å²) in [6.45, 7) is 3.44. The minimum Gasteiger partial charge on any atom is -0.497 e. The number of methoxy groups -OCH3 is 1. The molecule has 0 saturated carbocycles. The first-order chi connectivity index (χ1) is 13.2. The number of aryl methyl sites for hydroxylation is 1. The number of fused-ring (bicyclic) bond motifs is 1. The number of carbonyl (C=O) groups excluding carboxylic acids is 1. The second-order valence-corrected chi connectivity index (χ2v) is 6.65. The van der Waals surface area contributed by atoms with E-state index in [1.807, 2.05) is 22.8 Å². The smallest absolute Gasteiger partial charge is 0.271 e. The first-order valence-corrected chi connectivity index (χ1v) is 9.08. The predicted octanol–water partition coefficient (Wildman–Crippen LogP) is 2.16. The van der Waals surface area contributed by atoms with Gasteiger partial charge in [-0.25, -0.2) is 4.98 Å². The molecule has 0 spiro atoms. The zero-order chi connectivity index (χ0) is 18.8. The average molecular weight is 366 g/mol. The van der Waals surface area contributed by atoms with Gasteiger partial charge in [0.2, 0.25) is 0 Å². The minimum absolute atomic E-state index is 0.132. The number of rotatable bonds is 5. The van der Waals surface area contributed by atoms with Crippen LogP contribution in [0, 0.1) is 0 Å². The highest BCUT2D eigenvalue weighted by Crippen LogP contribution is 2.28. The Labute approximate surface area is 157 Å². The largest absolute Gasteiger partial charge is 0.497 e. The number of aromatic nitrogens is 5. The van der Waals surface area contributed by atoms with Crippen LogP contribution in [0.15, 0.2) is 30.6 Å². The SMILES string of the molecule is CCCn1cnnc1-c1nc2c([nH]1)C[C@@H](c1cccc(OC)c1)CNC2=O. The van der Waals surface area contributed by atoms with Crippen molar-refractivity contribution in [3.05, 3.63) is 47.5 Å². The third kappa shape index (κ3) is 3.30. The van der Waals surface area contributed by atoms with Gasteiger partial charge in [-0.2, -0.15) is 0 Å². The lowest BCUT2D eigenvalue weighted by Crippen LogP contribution is -2.26. The quantitative estimate of drug-likeness (QED) is 0.721. The number of carbonyl (C=O) groups is 1. The molecule has 1 aromatic carbocycles. The van der Waals surface area contributed by atoms with E-state index < -0.39 is 0 Å². The molecule has 3 heterocycles. The Hall–Kier alpha value is -3.16. The van der Waals surface area contributed by atoms with Crippen LogP contribution in [0.25, 0.3) is 11.6 Å². The molecule has 1 amide bonds. The van der Waals surface area contributed by atoms with Crippen molar-refractivity contribution in [1.29, 1.82) is 0 Å². The fraction of sp³-hybridized carbons (Fsp3) is 0.368. The maximum atomic E-state index is 12.5. The zero-order valence-electron chi connectivity index (χ0n) is 15.4. The molecule has 0 unspecified atom stereocenters. The van der Waals surface area contributed by atoms with Crippen molar-refractivity contribution in [3.63, 3.8) is 0 Å². The molecule has 0 radical (unpaired) electrons. The van der Waals surface area contributed by atoms with Gasteiger partial charge in [0.1, 0.15) is 17.8 Å². The van der Waals surface area contributed by atoms with Crippen molar-refractivity contribution < 1.29 is 9.53 Å². The monoisotopic (exact) mass is 366 g/mol. The molecule has 27 heavy (non-hydrogen) atoms. The van der Waals surface area contributed by atoms with Crippen molar-refractivity contribution in [3.8, 4) is 17.4 Å². The number of nitrogens with zero attached hydrogens (tertiary/aromatic N) is 4. The van der Waals surface area contributed by atoms with Crippen LogP contribution in [0.4, 0.5) is 0 Å². The lowest BCUT2D eigenvalue weighted by molar-refractivity contribution is 0.0950. The second kappa shape index (κ2) is 7.22. The molecule has 3 aromatic rings. The molecule has 0 saturated heterocycles. The van der Waals surface area contributed by atoms with Crippen LogP contribution >= 0.6 is 0 Å². The number of nitrogens with one attached hydrogen (secondary N) is 2. The number of ether oxygens (including phenoxy) is 1. The van der Waals surface area contributed by atoms with E-state index in [4.69, 9.17) is 4.74 Å². The predicted molar refractivity (Wildman–Crippen MR) is 99.7 cm³/mol. The number of imidazole rings is 1. The summed E-state index contributed by atoms with van der Waals surface area (Å²) < 4.78 is 7.27. The van der Waals surface area contributed by atoms with E-state index in [0.717, 1.165) is 30.0 Å². The first-order valence-electron chi connectivity index (χ1n) is 9.08. The van der Waals surface area contributed by atoms with E-state index in [9.17, 15) is 4.79 Å². The van der Waals surface area contributed by atoms with Gasteiger partial charge in [0.25, 0.3) is 5.91 Å². The summed E-state index contributed by atoms with van der Waals surface area (Å²) in [5.74, 6) is 2.00. The third-order valence-corrected chi connectivity index (χ3v) is 4.81. The maximum Gasteiger partial charge on any atom is 0.271 e. The number of hydrogen-bond acceptors (Lipinski definition) is 5. The molecule has 8 heteroatoms. The maximum absolute atomic E-state index is 12.5. The van der Waals surface area contributed by atoms with E-state index in [1.54, 1.807) is 13.4 Å². The Bertz CT molecular complexity index is 961. The summed E-state index contributed by atoms with van der Waals surface area (Å²) >= 11 is 0. The van der Waals surface area contributed by atoms with Crippen LogP contribution in [-0.2, 0) is 13.0 Å². The lowest BCUT2D eigenvalue weighted by atomic mass is 9.94. The van der Waals surface area contributed by atoms with Crippen molar-refractivity contribution >= 4 is 5.91 Å². The molecular formula is C19H22N6O2. The number of hydrogen-bond donors (Lipinski definition) is 2. The minimum atomic E-state index is -0.167. The van der Waals surface area contributed by atoms with Gasteiger partial charge in [0.15, 0.2) is 11.6 Å². The van der Waals surface area contributed by atoms with Crippen molar-refractivity contribution in [1.82, 2.24) is 30.0 Å². The van der Waals surface area contributed by atoms with Crippen LogP contribution in [0.2, 0.25) is 0 Å². The van der Waals surface area contributed by atoms with Crippen LogP contribution in [0.3, 0.4) is 0 Å². The Balaban J connectivity index is 1.68. The number of amides is 1. The first kappa shape index (κ1) is 17.3. The van der Waals surface area contributed by atoms with E-state index in [0.29, 0.717) is 30.3 Å². The molecule has 4 rings (SSSR count). The highest BCUT2D eigenvalue weighted by molar-refractivity contribution is 5.94. The van der Waals surface area contributed by atoms with Gasteiger partial charge >= 0.3 is 0 Å². The summed E-state index contributed by atoms with van der Waals surface area (Å²) in [6, 6.07) is 7.95. The molecule has 2 aromatic heterocycles. The lowest BCUT2D eigenvalue weighted by Gasteiger charge is -2.15. The Morgan fingerprint density at radius 3 is 3.07 bits per heavy atom. The van der Waals surface area contributed by atoms with Gasteiger partial charge in [0.05, 0.1) is 7.11 Å². The molecule has 0 aliphatic carbocycles. The van der Waals surface area contributed by atoms with Gasteiger partial charge in [-0.15, -0.1) is 10.2 Å². The highest BCUT2D eigenvalue weighted by Gasteiger charge is 2.27. The van der Waals surface area contributed by atoms with E-state index in [2.05, 4.69) is 38.5 Å². The van der Waals surface area contributed by atoms with Crippen LogP contribution in [-0.4, -0.2) is 44.3 Å². The number of aromatic amines is 1. The van der Waals surface area contributed by atoms with Gasteiger partial charge in [-0.3, -0.25) is 4.79 Å². The highest BCUT2D eigenvalue weighted by atomic mass is 16.5. The molecule has 0 bridgehead atoms. The van der Waals surface area contributed by atoms with Gasteiger partial charge in [-0.1, -0.05) is 19.1 Å². The van der Waals surface area contributed by atoms with Gasteiger partial charge < -0.3 is 19.6 Å². The van der Waals surface area contributed by atoms with E-state index in [1.165, 1.54) is 0 Å². The summed E-state index contributed by atoms with van der Waals surface area (Å²) in [5.41, 5.74) is 2.37. The van der Waals surface area contributed by atoms with Gasteiger partial charge in [0, 0.05) is 24.7 Å². The topological polar surface area (TPSA) is 97.7 Å². The molecule has 1 aliphatic rings. The molecule has 8 nitrogen and oxygen atoms in total. The van der Waals surface area contributed by atoms with Gasteiger partial charge in [-0.05, 0) is 30.5 Å².